The lowest BCUT2D eigenvalue weighted by Gasteiger charge is -2.35. The van der Waals surface area contributed by atoms with Crippen molar-refractivity contribution in [2.24, 2.45) is 0 Å². The van der Waals surface area contributed by atoms with Gasteiger partial charge in [-0.1, -0.05) is 18.5 Å². The van der Waals surface area contributed by atoms with E-state index in [0.717, 1.165) is 49.7 Å². The van der Waals surface area contributed by atoms with E-state index < -0.39 is 0 Å². The zero-order valence-electron chi connectivity index (χ0n) is 15.4. The van der Waals surface area contributed by atoms with Crippen LogP contribution in [0.25, 0.3) is 0 Å². The Kier molecular flexibility index (Phi) is 5.93. The molecule has 1 fully saturated rings. The molecule has 1 aromatic heterocycles. The predicted molar refractivity (Wildman–Crippen MR) is 116 cm³/mol. The molecular weight excluding hydrogens is 403 g/mol. The highest BCUT2D eigenvalue weighted by Gasteiger charge is 2.45. The van der Waals surface area contributed by atoms with Crippen LogP contribution in [0.4, 0.5) is 11.5 Å². The van der Waals surface area contributed by atoms with E-state index >= 15 is 0 Å². The van der Waals surface area contributed by atoms with Crippen LogP contribution >= 0.6 is 36.4 Å². The lowest BCUT2D eigenvalue weighted by atomic mass is 9.75. The third-order valence-electron chi connectivity index (χ3n) is 6.35. The molecule has 3 aliphatic rings. The second-order valence-corrected chi connectivity index (χ2v) is 8.21. The molecule has 1 spiro atoms. The Balaban J connectivity index is 0.00000105. The molecule has 2 aliphatic heterocycles. The van der Waals surface area contributed by atoms with Crippen molar-refractivity contribution in [1.82, 2.24) is 15.3 Å². The molecule has 2 aromatic rings. The minimum atomic E-state index is 0. The molecule has 1 aliphatic carbocycles. The van der Waals surface area contributed by atoms with Gasteiger partial charge in [0.25, 0.3) is 0 Å². The fraction of sp³-hybridized carbons (Fsp3) is 0.500. The summed E-state index contributed by atoms with van der Waals surface area (Å²) < 4.78 is 0. The Morgan fingerprint density at radius 2 is 1.96 bits per heavy atom. The zero-order chi connectivity index (χ0) is 17.0. The maximum atomic E-state index is 6.38. The van der Waals surface area contributed by atoms with Crippen LogP contribution in [0.5, 0.6) is 0 Å². The Labute approximate surface area is 177 Å². The van der Waals surface area contributed by atoms with Crippen LogP contribution in [0, 0.1) is 0 Å². The first kappa shape index (κ1) is 20.7. The van der Waals surface area contributed by atoms with Crippen molar-refractivity contribution in [2.45, 2.75) is 43.9 Å². The normalized spacial score (nSPS) is 22.0. The van der Waals surface area contributed by atoms with E-state index in [1.165, 1.54) is 28.9 Å². The summed E-state index contributed by atoms with van der Waals surface area (Å²) in [6.45, 7) is 5.44. The van der Waals surface area contributed by atoms with E-state index in [-0.39, 0.29) is 30.2 Å². The summed E-state index contributed by atoms with van der Waals surface area (Å²) in [5, 5.41) is 4.34. The number of benzene rings is 1. The molecule has 1 saturated heterocycles. The van der Waals surface area contributed by atoms with Crippen LogP contribution in [0.2, 0.25) is 5.02 Å². The van der Waals surface area contributed by atoms with Gasteiger partial charge in [0.15, 0.2) is 0 Å². The van der Waals surface area contributed by atoms with Crippen LogP contribution in [0.1, 0.15) is 48.9 Å². The number of hydrogen-bond donors (Lipinski definition) is 1. The number of fused-ring (bicyclic) bond motifs is 3. The van der Waals surface area contributed by atoms with Crippen LogP contribution in [-0.2, 0) is 11.8 Å². The molecule has 5 rings (SSSR count). The maximum absolute atomic E-state index is 6.38. The quantitative estimate of drug-likeness (QED) is 0.710. The maximum Gasteiger partial charge on any atom is 0.140 e. The number of nitrogens with zero attached hydrogens (tertiary/aromatic N) is 3. The number of rotatable bonds is 1. The molecule has 3 heterocycles. The number of aryl methyl sites for hydroxylation is 1. The first-order chi connectivity index (χ1) is 12.2. The summed E-state index contributed by atoms with van der Waals surface area (Å²) in [6.07, 6.45) is 6.30. The molecule has 0 radical (unpaired) electrons. The standard InChI is InChI=1S/C20H23ClN4.2ClH/c1-13-2-4-16-18(13)19(24-12-23-16)25-11-20(6-8-22-9-7-20)15-10-14(21)3-5-17(15)25;;/h3,5,10,12-13,22H,2,4,6-9,11H2,1H3;2*1H. The molecule has 1 N–H and O–H groups in total. The molecule has 0 bridgehead atoms. The topological polar surface area (TPSA) is 41.1 Å². The van der Waals surface area contributed by atoms with Gasteiger partial charge in [0.2, 0.25) is 0 Å². The van der Waals surface area contributed by atoms with Gasteiger partial charge in [-0.25, -0.2) is 9.97 Å². The molecule has 146 valence electrons. The Bertz CT molecular complexity index is 836. The number of aromatic nitrogens is 2. The van der Waals surface area contributed by atoms with Crippen molar-refractivity contribution < 1.29 is 0 Å². The fourth-order valence-corrected chi connectivity index (χ4v) is 5.17. The van der Waals surface area contributed by atoms with Crippen LogP contribution < -0.4 is 10.2 Å². The largest absolute Gasteiger partial charge is 0.325 e. The SMILES string of the molecule is CC1CCc2ncnc(N3CC4(CCNCC4)c4cc(Cl)ccc43)c21.Cl.Cl. The van der Waals surface area contributed by atoms with E-state index in [0.29, 0.717) is 5.92 Å². The van der Waals surface area contributed by atoms with Gasteiger partial charge in [0.05, 0.1) is 0 Å². The lowest BCUT2D eigenvalue weighted by molar-refractivity contribution is 0.329. The van der Waals surface area contributed by atoms with Crippen molar-refractivity contribution in [3.63, 3.8) is 0 Å². The highest BCUT2D eigenvalue weighted by molar-refractivity contribution is 6.30. The van der Waals surface area contributed by atoms with Crippen molar-refractivity contribution >= 4 is 47.9 Å². The van der Waals surface area contributed by atoms with E-state index in [1.807, 2.05) is 6.07 Å². The Hall–Kier alpha value is -1.07. The highest BCUT2D eigenvalue weighted by atomic mass is 35.5. The first-order valence-corrected chi connectivity index (χ1v) is 9.68. The molecule has 1 unspecified atom stereocenters. The van der Waals surface area contributed by atoms with Gasteiger partial charge in [-0.05, 0) is 68.5 Å². The minimum absolute atomic E-state index is 0. The summed E-state index contributed by atoms with van der Waals surface area (Å²) in [5.41, 5.74) is 5.46. The van der Waals surface area contributed by atoms with Gasteiger partial charge in [0.1, 0.15) is 12.1 Å². The van der Waals surface area contributed by atoms with E-state index in [2.05, 4.69) is 34.3 Å². The number of piperidine rings is 1. The van der Waals surface area contributed by atoms with Gasteiger partial charge < -0.3 is 10.2 Å². The van der Waals surface area contributed by atoms with Gasteiger partial charge >= 0.3 is 0 Å². The lowest BCUT2D eigenvalue weighted by Crippen LogP contribution is -2.42. The van der Waals surface area contributed by atoms with E-state index in [9.17, 15) is 0 Å². The van der Waals surface area contributed by atoms with Crippen molar-refractivity contribution in [3.8, 4) is 0 Å². The molecule has 4 nitrogen and oxygen atoms in total. The zero-order valence-corrected chi connectivity index (χ0v) is 17.8. The summed E-state index contributed by atoms with van der Waals surface area (Å²) in [5.74, 6) is 1.65. The monoisotopic (exact) mass is 426 g/mol. The highest BCUT2D eigenvalue weighted by Crippen LogP contribution is 2.51. The number of halogens is 3. The number of nitrogens with one attached hydrogen (secondary N) is 1. The van der Waals surface area contributed by atoms with Crippen molar-refractivity contribution in [1.29, 1.82) is 0 Å². The van der Waals surface area contributed by atoms with Crippen molar-refractivity contribution in [3.05, 3.63) is 46.4 Å². The third kappa shape index (κ3) is 3.21. The third-order valence-corrected chi connectivity index (χ3v) is 6.59. The fourth-order valence-electron chi connectivity index (χ4n) is 5.00. The molecule has 0 amide bonds. The molecular formula is C20H25Cl3N4. The molecule has 0 saturated carbocycles. The molecule has 27 heavy (non-hydrogen) atoms. The summed E-state index contributed by atoms with van der Waals surface area (Å²) in [7, 11) is 0. The van der Waals surface area contributed by atoms with Gasteiger partial charge in [-0.3, -0.25) is 0 Å². The molecule has 7 heteroatoms. The first-order valence-electron chi connectivity index (χ1n) is 9.30. The summed E-state index contributed by atoms with van der Waals surface area (Å²) in [6, 6.07) is 6.38. The smallest absolute Gasteiger partial charge is 0.140 e. The van der Waals surface area contributed by atoms with Crippen molar-refractivity contribution in [2.75, 3.05) is 24.5 Å². The van der Waals surface area contributed by atoms with Gasteiger partial charge in [0, 0.05) is 33.9 Å². The molecule has 1 atom stereocenters. The Morgan fingerprint density at radius 1 is 1.19 bits per heavy atom. The Morgan fingerprint density at radius 3 is 2.74 bits per heavy atom. The van der Waals surface area contributed by atoms with Crippen LogP contribution in [0.15, 0.2) is 24.5 Å². The molecule has 1 aromatic carbocycles. The van der Waals surface area contributed by atoms with E-state index in [1.54, 1.807) is 6.33 Å². The number of hydrogen-bond acceptors (Lipinski definition) is 4. The minimum Gasteiger partial charge on any atom is -0.325 e. The average molecular weight is 428 g/mol. The van der Waals surface area contributed by atoms with Gasteiger partial charge in [-0.15, -0.1) is 24.8 Å². The van der Waals surface area contributed by atoms with Crippen LogP contribution in [0.3, 0.4) is 0 Å². The number of anilines is 2. The summed E-state index contributed by atoms with van der Waals surface area (Å²) >= 11 is 6.38. The summed E-state index contributed by atoms with van der Waals surface area (Å²) in [4.78, 5) is 11.7. The second kappa shape index (κ2) is 7.75. The van der Waals surface area contributed by atoms with E-state index in [4.69, 9.17) is 16.6 Å². The second-order valence-electron chi connectivity index (χ2n) is 7.78. The van der Waals surface area contributed by atoms with Gasteiger partial charge in [-0.2, -0.15) is 0 Å². The van der Waals surface area contributed by atoms with Crippen LogP contribution in [-0.4, -0.2) is 29.6 Å². The predicted octanol–water partition coefficient (Wildman–Crippen LogP) is 4.80. The average Bonchev–Trinajstić information content (AvgIpc) is 3.15.